The lowest BCUT2D eigenvalue weighted by atomic mass is 10.1. The highest BCUT2D eigenvalue weighted by Gasteiger charge is 2.12. The Morgan fingerprint density at radius 1 is 1.53 bits per heavy atom. The molecule has 0 aliphatic rings. The fourth-order valence-electron chi connectivity index (χ4n) is 1.17. The molecule has 0 aromatic heterocycles. The molecule has 0 spiro atoms. The molecule has 1 aromatic rings. The highest BCUT2D eigenvalue weighted by Crippen LogP contribution is 2.20. The molecule has 0 fully saturated rings. The third-order valence-corrected chi connectivity index (χ3v) is 1.90. The summed E-state index contributed by atoms with van der Waals surface area (Å²) in [5, 5.41) is 19.3. The highest BCUT2D eigenvalue weighted by atomic mass is 16.6. The van der Waals surface area contributed by atoms with Crippen LogP contribution < -0.4 is 0 Å². The summed E-state index contributed by atoms with van der Waals surface area (Å²) in [4.78, 5) is 10.2. The molecule has 0 heterocycles. The highest BCUT2D eigenvalue weighted by molar-refractivity contribution is 5.55. The van der Waals surface area contributed by atoms with Crippen LogP contribution >= 0.6 is 0 Å². The SMILES string of the molecule is Cc1cccc([N+](=O)[O-])c1C#CCCO. The Labute approximate surface area is 87.7 Å². The predicted octanol–water partition coefficient (Wildman–Crippen LogP) is 1.64. The van der Waals surface area contributed by atoms with Gasteiger partial charge in [0, 0.05) is 12.5 Å². The number of aliphatic hydroxyl groups excluding tert-OH is 1. The maximum absolute atomic E-state index is 10.7. The fraction of sp³-hybridized carbons (Fsp3) is 0.273. The molecule has 0 unspecified atom stereocenters. The van der Waals surface area contributed by atoms with Gasteiger partial charge in [0.05, 0.1) is 11.5 Å². The molecule has 1 rings (SSSR count). The summed E-state index contributed by atoms with van der Waals surface area (Å²) in [6, 6.07) is 4.83. The molecule has 0 atom stereocenters. The Morgan fingerprint density at radius 3 is 2.87 bits per heavy atom. The normalized spacial score (nSPS) is 9.20. The summed E-state index contributed by atoms with van der Waals surface area (Å²) >= 11 is 0. The lowest BCUT2D eigenvalue weighted by Gasteiger charge is -1.98. The first kappa shape index (κ1) is 11.2. The van der Waals surface area contributed by atoms with E-state index in [0.29, 0.717) is 12.0 Å². The number of hydrogen-bond donors (Lipinski definition) is 1. The molecule has 0 radical (unpaired) electrons. The van der Waals surface area contributed by atoms with Crippen LogP contribution in [0, 0.1) is 28.9 Å². The minimum atomic E-state index is -0.448. The van der Waals surface area contributed by atoms with Crippen molar-refractivity contribution in [2.75, 3.05) is 6.61 Å². The van der Waals surface area contributed by atoms with Crippen LogP contribution in [0.3, 0.4) is 0 Å². The van der Waals surface area contributed by atoms with E-state index in [9.17, 15) is 10.1 Å². The van der Waals surface area contributed by atoms with Crippen LogP contribution in [0.25, 0.3) is 0 Å². The molecule has 0 aliphatic carbocycles. The average molecular weight is 205 g/mol. The maximum atomic E-state index is 10.7. The van der Waals surface area contributed by atoms with E-state index in [1.165, 1.54) is 6.07 Å². The van der Waals surface area contributed by atoms with E-state index in [1.54, 1.807) is 19.1 Å². The first-order valence-electron chi connectivity index (χ1n) is 4.50. The second-order valence-electron chi connectivity index (χ2n) is 3.00. The Bertz CT molecular complexity index is 429. The zero-order chi connectivity index (χ0) is 11.3. The van der Waals surface area contributed by atoms with Crippen LogP contribution in [0.4, 0.5) is 5.69 Å². The van der Waals surface area contributed by atoms with E-state index in [1.807, 2.05) is 0 Å². The molecule has 1 N–H and O–H groups in total. The Balaban J connectivity index is 3.15. The predicted molar refractivity (Wildman–Crippen MR) is 56.4 cm³/mol. The number of benzene rings is 1. The van der Waals surface area contributed by atoms with Gasteiger partial charge in [-0.05, 0) is 12.5 Å². The van der Waals surface area contributed by atoms with Crippen molar-refractivity contribution in [1.82, 2.24) is 0 Å². The molecule has 1 aromatic carbocycles. The van der Waals surface area contributed by atoms with E-state index < -0.39 is 4.92 Å². The van der Waals surface area contributed by atoms with Gasteiger partial charge in [-0.25, -0.2) is 0 Å². The molecular weight excluding hydrogens is 194 g/mol. The maximum Gasteiger partial charge on any atom is 0.285 e. The minimum Gasteiger partial charge on any atom is -0.395 e. The molecule has 4 nitrogen and oxygen atoms in total. The van der Waals surface area contributed by atoms with Crippen molar-refractivity contribution in [3.05, 3.63) is 39.4 Å². The standard InChI is InChI=1S/C11H11NO3/c1-9-5-4-7-11(12(14)15)10(9)6-2-3-8-13/h4-5,7,13H,3,8H2,1H3. The van der Waals surface area contributed by atoms with E-state index in [4.69, 9.17) is 5.11 Å². The topological polar surface area (TPSA) is 63.4 Å². The number of nitro groups is 1. The molecule has 78 valence electrons. The van der Waals surface area contributed by atoms with E-state index >= 15 is 0 Å². The van der Waals surface area contributed by atoms with Crippen LogP contribution in [-0.2, 0) is 0 Å². The second-order valence-corrected chi connectivity index (χ2v) is 3.00. The molecule has 0 aliphatic heterocycles. The Hall–Kier alpha value is -1.86. The van der Waals surface area contributed by atoms with Crippen molar-refractivity contribution in [3.8, 4) is 11.8 Å². The summed E-state index contributed by atoms with van der Waals surface area (Å²) < 4.78 is 0. The van der Waals surface area contributed by atoms with Crippen LogP contribution in [0.5, 0.6) is 0 Å². The lowest BCUT2D eigenvalue weighted by molar-refractivity contribution is -0.385. The van der Waals surface area contributed by atoms with Gasteiger partial charge in [0.15, 0.2) is 0 Å². The quantitative estimate of drug-likeness (QED) is 0.453. The van der Waals surface area contributed by atoms with Crippen molar-refractivity contribution in [1.29, 1.82) is 0 Å². The van der Waals surface area contributed by atoms with Gasteiger partial charge < -0.3 is 5.11 Å². The van der Waals surface area contributed by atoms with Crippen molar-refractivity contribution >= 4 is 5.69 Å². The lowest BCUT2D eigenvalue weighted by Crippen LogP contribution is -1.94. The van der Waals surface area contributed by atoms with Gasteiger partial charge in [-0.1, -0.05) is 24.0 Å². The zero-order valence-electron chi connectivity index (χ0n) is 8.36. The van der Waals surface area contributed by atoms with Crippen LogP contribution in [0.1, 0.15) is 17.5 Å². The van der Waals surface area contributed by atoms with Crippen molar-refractivity contribution in [2.24, 2.45) is 0 Å². The summed E-state index contributed by atoms with van der Waals surface area (Å²) in [7, 11) is 0. The third kappa shape index (κ3) is 2.79. The van der Waals surface area contributed by atoms with Gasteiger partial charge in [0.1, 0.15) is 5.56 Å². The van der Waals surface area contributed by atoms with Gasteiger partial charge in [-0.2, -0.15) is 0 Å². The number of aryl methyl sites for hydroxylation is 1. The number of nitro benzene ring substituents is 1. The smallest absolute Gasteiger partial charge is 0.285 e. The van der Waals surface area contributed by atoms with Crippen LogP contribution in [0.15, 0.2) is 18.2 Å². The van der Waals surface area contributed by atoms with E-state index in [-0.39, 0.29) is 12.3 Å². The number of nitrogens with zero attached hydrogens (tertiary/aromatic N) is 1. The Kier molecular flexibility index (Phi) is 3.83. The molecular formula is C11H11NO3. The van der Waals surface area contributed by atoms with Gasteiger partial charge in [0.25, 0.3) is 5.69 Å². The van der Waals surface area contributed by atoms with Gasteiger partial charge in [-0.15, -0.1) is 0 Å². The summed E-state index contributed by atoms with van der Waals surface area (Å²) in [5.41, 5.74) is 1.21. The molecule has 4 heteroatoms. The first-order valence-corrected chi connectivity index (χ1v) is 4.50. The van der Waals surface area contributed by atoms with Crippen molar-refractivity contribution in [2.45, 2.75) is 13.3 Å². The summed E-state index contributed by atoms with van der Waals surface area (Å²) in [6.07, 6.45) is 0.325. The molecule has 15 heavy (non-hydrogen) atoms. The van der Waals surface area contributed by atoms with E-state index in [0.717, 1.165) is 5.56 Å². The minimum absolute atomic E-state index is 0.0143. The van der Waals surface area contributed by atoms with Crippen molar-refractivity contribution < 1.29 is 10.0 Å². The first-order chi connectivity index (χ1) is 7.16. The number of hydrogen-bond acceptors (Lipinski definition) is 3. The van der Waals surface area contributed by atoms with Crippen molar-refractivity contribution in [3.63, 3.8) is 0 Å². The van der Waals surface area contributed by atoms with Gasteiger partial charge in [0.2, 0.25) is 0 Å². The van der Waals surface area contributed by atoms with Gasteiger partial charge in [-0.3, -0.25) is 10.1 Å². The number of rotatable bonds is 2. The fourth-order valence-corrected chi connectivity index (χ4v) is 1.17. The van der Waals surface area contributed by atoms with Crippen LogP contribution in [-0.4, -0.2) is 16.6 Å². The average Bonchev–Trinajstić information content (AvgIpc) is 2.20. The molecule has 0 saturated heterocycles. The molecule has 0 bridgehead atoms. The summed E-state index contributed by atoms with van der Waals surface area (Å²) in [5.74, 6) is 5.40. The summed E-state index contributed by atoms with van der Waals surface area (Å²) in [6.45, 7) is 1.74. The third-order valence-electron chi connectivity index (χ3n) is 1.90. The largest absolute Gasteiger partial charge is 0.395 e. The van der Waals surface area contributed by atoms with Crippen LogP contribution in [0.2, 0.25) is 0 Å². The number of aliphatic hydroxyl groups is 1. The second kappa shape index (κ2) is 5.13. The monoisotopic (exact) mass is 205 g/mol. The zero-order valence-corrected chi connectivity index (χ0v) is 8.36. The molecule has 0 amide bonds. The Morgan fingerprint density at radius 2 is 2.27 bits per heavy atom. The van der Waals surface area contributed by atoms with Gasteiger partial charge >= 0.3 is 0 Å². The van der Waals surface area contributed by atoms with E-state index in [2.05, 4.69) is 11.8 Å². The molecule has 0 saturated carbocycles.